The van der Waals surface area contributed by atoms with Gasteiger partial charge in [-0.3, -0.25) is 0 Å². The summed E-state index contributed by atoms with van der Waals surface area (Å²) in [4.78, 5) is 8.52. The fourth-order valence-corrected chi connectivity index (χ4v) is 3.32. The molecular formula is C22H32FN5O2. The summed E-state index contributed by atoms with van der Waals surface area (Å²) in [6.45, 7) is 7.21. The van der Waals surface area contributed by atoms with Gasteiger partial charge in [-0.05, 0) is 49.8 Å². The molecule has 7 nitrogen and oxygen atoms in total. The Morgan fingerprint density at radius 1 is 1.33 bits per heavy atom. The van der Waals surface area contributed by atoms with E-state index in [4.69, 9.17) is 9.47 Å². The Kier molecular flexibility index (Phi) is 9.11. The van der Waals surface area contributed by atoms with Crippen LogP contribution in [-0.2, 0) is 16.0 Å². The molecule has 0 aliphatic carbocycles. The third kappa shape index (κ3) is 7.11. The summed E-state index contributed by atoms with van der Waals surface area (Å²) in [5.41, 5.74) is 1.29. The highest BCUT2D eigenvalue weighted by molar-refractivity contribution is 5.79. The highest BCUT2D eigenvalue weighted by atomic mass is 19.1. The molecule has 0 radical (unpaired) electrons. The average molecular weight is 418 g/mol. The minimum absolute atomic E-state index is 0.291. The van der Waals surface area contributed by atoms with Gasteiger partial charge in [-0.2, -0.15) is 0 Å². The molecule has 2 aromatic rings. The molecule has 1 saturated heterocycles. The van der Waals surface area contributed by atoms with Crippen LogP contribution in [0.5, 0.6) is 0 Å². The van der Waals surface area contributed by atoms with Crippen molar-refractivity contribution in [3.8, 4) is 5.69 Å². The summed E-state index contributed by atoms with van der Waals surface area (Å²) in [7, 11) is 0. The number of nitrogens with zero attached hydrogens (tertiary/aromatic N) is 3. The van der Waals surface area contributed by atoms with E-state index >= 15 is 0 Å². The molecule has 0 atom stereocenters. The summed E-state index contributed by atoms with van der Waals surface area (Å²) in [5, 5.41) is 6.53. The topological polar surface area (TPSA) is 72.7 Å². The van der Waals surface area contributed by atoms with Gasteiger partial charge < -0.3 is 24.7 Å². The lowest BCUT2D eigenvalue weighted by Gasteiger charge is -2.21. The second kappa shape index (κ2) is 12.3. The number of aliphatic imine (C=N–C) groups is 1. The van der Waals surface area contributed by atoms with Crippen molar-refractivity contribution >= 4 is 5.96 Å². The fraction of sp³-hybridized carbons (Fsp3) is 0.545. The van der Waals surface area contributed by atoms with E-state index in [2.05, 4.69) is 20.6 Å². The van der Waals surface area contributed by atoms with Gasteiger partial charge in [0.15, 0.2) is 5.96 Å². The van der Waals surface area contributed by atoms with E-state index in [1.54, 1.807) is 29.4 Å². The van der Waals surface area contributed by atoms with E-state index in [-0.39, 0.29) is 5.82 Å². The molecule has 3 rings (SSSR count). The van der Waals surface area contributed by atoms with Crippen molar-refractivity contribution in [1.29, 1.82) is 0 Å². The highest BCUT2D eigenvalue weighted by Gasteiger charge is 2.13. The smallest absolute Gasteiger partial charge is 0.191 e. The number of imidazole rings is 1. The van der Waals surface area contributed by atoms with Crippen molar-refractivity contribution in [2.45, 2.75) is 32.7 Å². The second-order valence-electron chi connectivity index (χ2n) is 7.36. The molecule has 1 aliphatic heterocycles. The third-order valence-electron chi connectivity index (χ3n) is 5.01. The molecule has 1 aliphatic rings. The van der Waals surface area contributed by atoms with Crippen LogP contribution >= 0.6 is 0 Å². The van der Waals surface area contributed by atoms with Crippen LogP contribution in [-0.4, -0.2) is 55.0 Å². The highest BCUT2D eigenvalue weighted by Crippen LogP contribution is 2.16. The number of halogens is 1. The number of nitrogens with one attached hydrogen (secondary N) is 2. The number of hydrogen-bond donors (Lipinski definition) is 2. The van der Waals surface area contributed by atoms with Crippen LogP contribution in [0.1, 0.15) is 31.7 Å². The maximum atomic E-state index is 14.4. The van der Waals surface area contributed by atoms with Crippen LogP contribution in [0.4, 0.5) is 4.39 Å². The number of ether oxygens (including phenoxy) is 2. The molecule has 164 valence electrons. The molecule has 0 unspecified atom stereocenters. The first-order valence-electron chi connectivity index (χ1n) is 10.7. The lowest BCUT2D eigenvalue weighted by atomic mass is 10.0. The molecule has 30 heavy (non-hydrogen) atoms. The number of guanidine groups is 1. The Morgan fingerprint density at radius 2 is 2.20 bits per heavy atom. The Bertz CT molecular complexity index is 776. The van der Waals surface area contributed by atoms with Crippen LogP contribution in [0.25, 0.3) is 5.69 Å². The van der Waals surface area contributed by atoms with E-state index in [9.17, 15) is 4.39 Å². The molecule has 0 bridgehead atoms. The molecule has 0 amide bonds. The third-order valence-corrected chi connectivity index (χ3v) is 5.01. The average Bonchev–Trinajstić information content (AvgIpc) is 3.29. The predicted molar refractivity (Wildman–Crippen MR) is 115 cm³/mol. The van der Waals surface area contributed by atoms with Crippen molar-refractivity contribution < 1.29 is 13.9 Å². The summed E-state index contributed by atoms with van der Waals surface area (Å²) >= 11 is 0. The molecule has 2 N–H and O–H groups in total. The van der Waals surface area contributed by atoms with E-state index < -0.39 is 0 Å². The Balaban J connectivity index is 1.41. The van der Waals surface area contributed by atoms with E-state index in [0.717, 1.165) is 70.3 Å². The second-order valence-corrected chi connectivity index (χ2v) is 7.36. The summed E-state index contributed by atoms with van der Waals surface area (Å²) in [6.07, 6.45) is 8.02. The van der Waals surface area contributed by atoms with Crippen LogP contribution in [0.15, 0.2) is 41.9 Å². The molecular weight excluding hydrogens is 385 g/mol. The zero-order valence-corrected chi connectivity index (χ0v) is 17.6. The lowest BCUT2D eigenvalue weighted by molar-refractivity contribution is 0.0203. The van der Waals surface area contributed by atoms with Gasteiger partial charge in [-0.25, -0.2) is 14.4 Å². The normalized spacial score (nSPS) is 15.3. The van der Waals surface area contributed by atoms with Crippen LogP contribution in [0.3, 0.4) is 0 Å². The number of hydrogen-bond acceptors (Lipinski definition) is 4. The van der Waals surface area contributed by atoms with Gasteiger partial charge in [-0.15, -0.1) is 0 Å². The van der Waals surface area contributed by atoms with Crippen LogP contribution in [0, 0.1) is 11.7 Å². The maximum Gasteiger partial charge on any atom is 0.191 e. The lowest BCUT2D eigenvalue weighted by Crippen LogP contribution is -2.38. The first kappa shape index (κ1) is 22.2. The summed E-state index contributed by atoms with van der Waals surface area (Å²) in [5.74, 6) is 1.06. The van der Waals surface area contributed by atoms with E-state index in [1.807, 2.05) is 13.0 Å². The van der Waals surface area contributed by atoms with Crippen molar-refractivity contribution in [3.05, 3.63) is 48.3 Å². The van der Waals surface area contributed by atoms with Gasteiger partial charge in [-0.1, -0.05) is 6.07 Å². The number of benzene rings is 1. The van der Waals surface area contributed by atoms with Gasteiger partial charge in [0.05, 0.1) is 18.6 Å². The first-order chi connectivity index (χ1) is 14.8. The molecule has 1 aromatic carbocycles. The number of aromatic nitrogens is 2. The van der Waals surface area contributed by atoms with Crippen LogP contribution < -0.4 is 10.6 Å². The van der Waals surface area contributed by atoms with Crippen LogP contribution in [0.2, 0.25) is 0 Å². The molecule has 0 spiro atoms. The molecule has 0 saturated carbocycles. The molecule has 2 heterocycles. The molecule has 8 heteroatoms. The van der Waals surface area contributed by atoms with Gasteiger partial charge in [0, 0.05) is 51.9 Å². The van der Waals surface area contributed by atoms with E-state index in [1.165, 1.54) is 6.07 Å². The maximum absolute atomic E-state index is 14.4. The quantitative estimate of drug-likeness (QED) is 0.353. The minimum Gasteiger partial charge on any atom is -0.381 e. The largest absolute Gasteiger partial charge is 0.381 e. The summed E-state index contributed by atoms with van der Waals surface area (Å²) in [6, 6.07) is 5.15. The van der Waals surface area contributed by atoms with Crippen molar-refractivity contribution in [1.82, 2.24) is 20.2 Å². The predicted octanol–water partition coefficient (Wildman–Crippen LogP) is 2.90. The van der Waals surface area contributed by atoms with Gasteiger partial charge >= 0.3 is 0 Å². The van der Waals surface area contributed by atoms with Gasteiger partial charge in [0.1, 0.15) is 5.82 Å². The zero-order valence-electron chi connectivity index (χ0n) is 17.6. The molecule has 1 fully saturated rings. The van der Waals surface area contributed by atoms with Crippen molar-refractivity contribution in [2.75, 3.05) is 39.5 Å². The van der Waals surface area contributed by atoms with Crippen molar-refractivity contribution in [3.63, 3.8) is 0 Å². The Labute approximate surface area is 177 Å². The first-order valence-corrected chi connectivity index (χ1v) is 10.7. The fourth-order valence-electron chi connectivity index (χ4n) is 3.32. The van der Waals surface area contributed by atoms with Gasteiger partial charge in [0.25, 0.3) is 0 Å². The SMILES string of the molecule is CCNC(=NCc1ccc(-n2ccnc2)c(F)c1)NCCCOCC1CCOCC1. The number of rotatable bonds is 10. The standard InChI is InChI=1S/C22H32FN5O2/c1-2-25-22(26-8-3-11-30-16-18-6-12-29-13-7-18)27-15-19-4-5-21(20(23)14-19)28-10-9-24-17-28/h4-5,9-10,14,17-18H,2-3,6-8,11-13,15-16H2,1H3,(H2,25,26,27). The minimum atomic E-state index is -0.291. The van der Waals surface area contributed by atoms with Crippen molar-refractivity contribution in [2.24, 2.45) is 10.9 Å². The monoisotopic (exact) mass is 417 g/mol. The molecule has 1 aromatic heterocycles. The Morgan fingerprint density at radius 3 is 2.93 bits per heavy atom. The van der Waals surface area contributed by atoms with Gasteiger partial charge in [0.2, 0.25) is 0 Å². The zero-order chi connectivity index (χ0) is 21.0. The summed E-state index contributed by atoms with van der Waals surface area (Å²) < 4.78 is 27.2. The Hall–Kier alpha value is -2.45. The van der Waals surface area contributed by atoms with E-state index in [0.29, 0.717) is 18.2 Å².